The Kier molecular flexibility index (Phi) is 6.51. The van der Waals surface area contributed by atoms with E-state index in [0.717, 1.165) is 5.69 Å². The Morgan fingerprint density at radius 2 is 1.83 bits per heavy atom. The second-order valence-electron chi connectivity index (χ2n) is 8.66. The zero-order valence-corrected chi connectivity index (χ0v) is 18.3. The number of carbonyl (C=O) groups is 1. The molecule has 0 aliphatic carbocycles. The lowest BCUT2D eigenvalue weighted by Crippen LogP contribution is -2.48. The van der Waals surface area contributed by atoms with Crippen LogP contribution in [0.1, 0.15) is 31.1 Å². The van der Waals surface area contributed by atoms with Crippen molar-refractivity contribution in [3.63, 3.8) is 0 Å². The molecule has 2 aromatic carbocycles. The van der Waals surface area contributed by atoms with Crippen molar-refractivity contribution in [1.82, 2.24) is 4.90 Å². The molecule has 30 heavy (non-hydrogen) atoms. The number of benzene rings is 2. The summed E-state index contributed by atoms with van der Waals surface area (Å²) in [6.45, 7) is 9.31. The molecule has 1 heterocycles. The van der Waals surface area contributed by atoms with Gasteiger partial charge in [-0.2, -0.15) is 0 Å². The molecule has 1 fully saturated rings. The zero-order valence-electron chi connectivity index (χ0n) is 17.5. The first-order chi connectivity index (χ1) is 14.1. The van der Waals surface area contributed by atoms with Crippen LogP contribution >= 0.6 is 11.6 Å². The van der Waals surface area contributed by atoms with Crippen LogP contribution in [0.4, 0.5) is 17.1 Å². The van der Waals surface area contributed by atoms with Crippen LogP contribution < -0.4 is 10.2 Å². The van der Waals surface area contributed by atoms with E-state index in [0.29, 0.717) is 49.0 Å². The SMILES string of the molecule is CC(C)(C)CNc1cc(N2CCN(C(=O)c3cccc(Cl)c3)CC2)ccc1[N+](=O)[O-]. The summed E-state index contributed by atoms with van der Waals surface area (Å²) in [5, 5.41) is 15.2. The summed E-state index contributed by atoms with van der Waals surface area (Å²) in [7, 11) is 0. The lowest BCUT2D eigenvalue weighted by molar-refractivity contribution is -0.384. The van der Waals surface area contributed by atoms with Gasteiger partial charge in [0, 0.05) is 55.1 Å². The molecule has 1 aliphatic heterocycles. The topological polar surface area (TPSA) is 78.7 Å². The fourth-order valence-electron chi connectivity index (χ4n) is 3.35. The van der Waals surface area contributed by atoms with Crippen molar-refractivity contribution in [2.24, 2.45) is 5.41 Å². The Bertz CT molecular complexity index is 934. The second-order valence-corrected chi connectivity index (χ2v) is 9.10. The maximum absolute atomic E-state index is 12.7. The fourth-order valence-corrected chi connectivity index (χ4v) is 3.54. The summed E-state index contributed by atoms with van der Waals surface area (Å²) in [6.07, 6.45) is 0. The molecule has 7 nitrogen and oxygen atoms in total. The molecule has 1 amide bonds. The lowest BCUT2D eigenvalue weighted by atomic mass is 9.97. The van der Waals surface area contributed by atoms with Crippen LogP contribution in [-0.2, 0) is 0 Å². The van der Waals surface area contributed by atoms with E-state index in [2.05, 4.69) is 31.0 Å². The van der Waals surface area contributed by atoms with Gasteiger partial charge < -0.3 is 15.1 Å². The minimum Gasteiger partial charge on any atom is -0.379 e. The number of amides is 1. The van der Waals surface area contributed by atoms with Gasteiger partial charge in [-0.05, 0) is 35.7 Å². The monoisotopic (exact) mass is 430 g/mol. The summed E-state index contributed by atoms with van der Waals surface area (Å²) in [5.41, 5.74) is 2.07. The summed E-state index contributed by atoms with van der Waals surface area (Å²) in [5.74, 6) is -0.0339. The predicted molar refractivity (Wildman–Crippen MR) is 121 cm³/mol. The van der Waals surface area contributed by atoms with Gasteiger partial charge in [-0.1, -0.05) is 38.4 Å². The third kappa shape index (κ3) is 5.42. The number of hydrogen-bond donors (Lipinski definition) is 1. The summed E-state index contributed by atoms with van der Waals surface area (Å²) in [4.78, 5) is 27.7. The van der Waals surface area contributed by atoms with Crippen molar-refractivity contribution in [3.05, 3.63) is 63.2 Å². The van der Waals surface area contributed by atoms with Gasteiger partial charge in [-0.15, -0.1) is 0 Å². The normalized spacial score (nSPS) is 14.5. The van der Waals surface area contributed by atoms with Crippen molar-refractivity contribution in [2.75, 3.05) is 42.9 Å². The molecule has 2 aromatic rings. The Morgan fingerprint density at radius 1 is 1.13 bits per heavy atom. The van der Waals surface area contributed by atoms with Crippen LogP contribution in [0.25, 0.3) is 0 Å². The van der Waals surface area contributed by atoms with Crippen LogP contribution in [-0.4, -0.2) is 48.5 Å². The minimum absolute atomic E-state index is 0.00377. The first-order valence-corrected chi connectivity index (χ1v) is 10.3. The van der Waals surface area contributed by atoms with Gasteiger partial charge in [0.25, 0.3) is 11.6 Å². The Balaban J connectivity index is 1.70. The molecule has 0 aromatic heterocycles. The summed E-state index contributed by atoms with van der Waals surface area (Å²) in [6, 6.07) is 12.1. The van der Waals surface area contributed by atoms with Gasteiger partial charge in [0.1, 0.15) is 5.69 Å². The van der Waals surface area contributed by atoms with E-state index in [1.165, 1.54) is 0 Å². The van der Waals surface area contributed by atoms with Crippen LogP contribution in [0.15, 0.2) is 42.5 Å². The molecule has 0 radical (unpaired) electrons. The fraction of sp³-hybridized carbons (Fsp3) is 0.409. The number of carbonyl (C=O) groups excluding carboxylic acids is 1. The zero-order chi connectivity index (χ0) is 21.9. The molecule has 160 valence electrons. The summed E-state index contributed by atoms with van der Waals surface area (Å²) < 4.78 is 0. The van der Waals surface area contributed by atoms with Crippen LogP contribution in [0, 0.1) is 15.5 Å². The molecule has 1 N–H and O–H groups in total. The van der Waals surface area contributed by atoms with E-state index in [-0.39, 0.29) is 21.9 Å². The summed E-state index contributed by atoms with van der Waals surface area (Å²) >= 11 is 6.00. The highest BCUT2D eigenvalue weighted by Gasteiger charge is 2.24. The number of nitrogens with zero attached hydrogens (tertiary/aromatic N) is 3. The number of halogens is 1. The van der Waals surface area contributed by atoms with Gasteiger partial charge >= 0.3 is 0 Å². The van der Waals surface area contributed by atoms with E-state index in [9.17, 15) is 14.9 Å². The maximum atomic E-state index is 12.7. The highest BCUT2D eigenvalue weighted by Crippen LogP contribution is 2.31. The largest absolute Gasteiger partial charge is 0.379 e. The Morgan fingerprint density at radius 3 is 2.43 bits per heavy atom. The van der Waals surface area contributed by atoms with E-state index in [1.54, 1.807) is 36.4 Å². The minimum atomic E-state index is -0.365. The smallest absolute Gasteiger partial charge is 0.292 e. The van der Waals surface area contributed by atoms with Crippen molar-refractivity contribution < 1.29 is 9.72 Å². The average Bonchev–Trinajstić information content (AvgIpc) is 2.71. The van der Waals surface area contributed by atoms with Gasteiger partial charge in [-0.25, -0.2) is 0 Å². The molecule has 3 rings (SSSR count). The van der Waals surface area contributed by atoms with Crippen molar-refractivity contribution >= 4 is 34.6 Å². The third-order valence-corrected chi connectivity index (χ3v) is 5.22. The van der Waals surface area contributed by atoms with Gasteiger partial charge in [0.15, 0.2) is 0 Å². The number of nitro benzene ring substituents is 1. The quantitative estimate of drug-likeness (QED) is 0.550. The first-order valence-electron chi connectivity index (χ1n) is 9.96. The van der Waals surface area contributed by atoms with Crippen LogP contribution in [0.5, 0.6) is 0 Å². The van der Waals surface area contributed by atoms with Crippen LogP contribution in [0.2, 0.25) is 5.02 Å². The van der Waals surface area contributed by atoms with Gasteiger partial charge in [-0.3, -0.25) is 14.9 Å². The van der Waals surface area contributed by atoms with E-state index < -0.39 is 0 Å². The molecule has 0 unspecified atom stereocenters. The van der Waals surface area contributed by atoms with Crippen molar-refractivity contribution in [1.29, 1.82) is 0 Å². The van der Waals surface area contributed by atoms with Gasteiger partial charge in [0.05, 0.1) is 4.92 Å². The Hall–Kier alpha value is -2.80. The van der Waals surface area contributed by atoms with Crippen molar-refractivity contribution in [3.8, 4) is 0 Å². The number of hydrogen-bond acceptors (Lipinski definition) is 5. The molecule has 0 bridgehead atoms. The maximum Gasteiger partial charge on any atom is 0.292 e. The van der Waals surface area contributed by atoms with E-state index in [4.69, 9.17) is 11.6 Å². The lowest BCUT2D eigenvalue weighted by Gasteiger charge is -2.36. The molecule has 1 aliphatic rings. The van der Waals surface area contributed by atoms with E-state index in [1.807, 2.05) is 11.0 Å². The molecular formula is C22H27ClN4O3. The molecule has 0 spiro atoms. The number of nitrogens with one attached hydrogen (secondary N) is 1. The molecule has 0 atom stereocenters. The highest BCUT2D eigenvalue weighted by molar-refractivity contribution is 6.30. The first kappa shape index (κ1) is 21.9. The predicted octanol–water partition coefficient (Wildman–Crippen LogP) is 4.67. The number of piperazine rings is 1. The number of nitro groups is 1. The molecular weight excluding hydrogens is 404 g/mol. The van der Waals surface area contributed by atoms with E-state index >= 15 is 0 Å². The number of anilines is 2. The molecule has 8 heteroatoms. The molecule has 0 saturated carbocycles. The van der Waals surface area contributed by atoms with Crippen LogP contribution in [0.3, 0.4) is 0 Å². The third-order valence-electron chi connectivity index (χ3n) is 4.99. The number of rotatable bonds is 5. The average molecular weight is 431 g/mol. The second kappa shape index (κ2) is 8.92. The standard InChI is InChI=1S/C22H27ClN4O3/c1-22(2,3)15-24-19-14-18(7-8-20(19)27(29)30)25-9-11-26(12-10-25)21(28)16-5-4-6-17(23)13-16/h4-8,13-14,24H,9-12,15H2,1-3H3. The van der Waals surface area contributed by atoms with Gasteiger partial charge in [0.2, 0.25) is 0 Å². The van der Waals surface area contributed by atoms with Crippen molar-refractivity contribution in [2.45, 2.75) is 20.8 Å². The highest BCUT2D eigenvalue weighted by atomic mass is 35.5. The Labute approximate surface area is 181 Å². The molecule has 1 saturated heterocycles.